The van der Waals surface area contributed by atoms with Crippen molar-refractivity contribution in [1.82, 2.24) is 4.90 Å². The lowest BCUT2D eigenvalue weighted by Crippen LogP contribution is -2.44. The number of likely N-dealkylation sites (tertiary alicyclic amines) is 1. The van der Waals surface area contributed by atoms with Crippen LogP contribution in [0.2, 0.25) is 0 Å². The van der Waals surface area contributed by atoms with E-state index in [2.05, 4.69) is 19.2 Å². The van der Waals surface area contributed by atoms with E-state index in [1.807, 2.05) is 0 Å². The summed E-state index contributed by atoms with van der Waals surface area (Å²) in [7, 11) is 0. The molecular formula is C19H26N2O4. The fourth-order valence-electron chi connectivity index (χ4n) is 3.23. The summed E-state index contributed by atoms with van der Waals surface area (Å²) in [4.78, 5) is 36.9. The minimum absolute atomic E-state index is 0.0977. The number of rotatable bonds is 5. The van der Waals surface area contributed by atoms with Gasteiger partial charge in [-0.05, 0) is 36.0 Å². The number of amides is 2. The van der Waals surface area contributed by atoms with Crippen LogP contribution < -0.4 is 5.32 Å². The largest absolute Gasteiger partial charge is 0.455 e. The van der Waals surface area contributed by atoms with Crippen LogP contribution in [0, 0.1) is 11.8 Å². The van der Waals surface area contributed by atoms with Crippen LogP contribution in [0.25, 0.3) is 0 Å². The molecule has 1 aliphatic heterocycles. The van der Waals surface area contributed by atoms with E-state index in [0.29, 0.717) is 17.5 Å². The van der Waals surface area contributed by atoms with Gasteiger partial charge in [0.25, 0.3) is 5.91 Å². The molecule has 2 rings (SSSR count). The highest BCUT2D eigenvalue weighted by molar-refractivity contribution is 5.88. The topological polar surface area (TPSA) is 75.7 Å². The zero-order valence-electron chi connectivity index (χ0n) is 15.1. The maximum atomic E-state index is 12.2. The van der Waals surface area contributed by atoms with Crippen LogP contribution in [0.3, 0.4) is 0 Å². The summed E-state index contributed by atoms with van der Waals surface area (Å²) in [5, 5.41) is 2.66. The third kappa shape index (κ3) is 6.21. The zero-order valence-corrected chi connectivity index (χ0v) is 15.1. The number of esters is 1. The number of benzene rings is 1. The van der Waals surface area contributed by atoms with Crippen molar-refractivity contribution in [3.8, 4) is 0 Å². The van der Waals surface area contributed by atoms with Crippen LogP contribution in [-0.4, -0.2) is 42.4 Å². The molecule has 0 spiro atoms. The predicted octanol–water partition coefficient (Wildman–Crippen LogP) is 2.24. The van der Waals surface area contributed by atoms with Crippen LogP contribution in [0.5, 0.6) is 0 Å². The number of piperidine rings is 1. The van der Waals surface area contributed by atoms with Gasteiger partial charge >= 0.3 is 5.97 Å². The maximum Gasteiger partial charge on any atom is 0.310 e. The van der Waals surface area contributed by atoms with Crippen molar-refractivity contribution >= 4 is 23.5 Å². The Labute approximate surface area is 148 Å². The lowest BCUT2D eigenvalue weighted by molar-refractivity contribution is -0.152. The van der Waals surface area contributed by atoms with Gasteiger partial charge in [-0.1, -0.05) is 26.0 Å². The van der Waals surface area contributed by atoms with Crippen molar-refractivity contribution < 1.29 is 19.1 Å². The Morgan fingerprint density at radius 2 is 1.72 bits per heavy atom. The van der Waals surface area contributed by atoms with Crippen LogP contribution in [0.15, 0.2) is 24.3 Å². The van der Waals surface area contributed by atoms with Gasteiger partial charge in [0, 0.05) is 25.7 Å². The highest BCUT2D eigenvalue weighted by Crippen LogP contribution is 2.21. The number of anilines is 1. The predicted molar refractivity (Wildman–Crippen MR) is 94.9 cm³/mol. The van der Waals surface area contributed by atoms with Gasteiger partial charge in [0.15, 0.2) is 6.61 Å². The highest BCUT2D eigenvalue weighted by atomic mass is 16.5. The van der Waals surface area contributed by atoms with Crippen molar-refractivity contribution in [2.24, 2.45) is 11.8 Å². The van der Waals surface area contributed by atoms with E-state index < -0.39 is 5.97 Å². The Balaban J connectivity index is 1.78. The van der Waals surface area contributed by atoms with E-state index in [4.69, 9.17) is 4.74 Å². The molecule has 2 atom stereocenters. The van der Waals surface area contributed by atoms with Crippen molar-refractivity contribution in [1.29, 1.82) is 0 Å². The third-order valence-corrected chi connectivity index (χ3v) is 4.20. The molecule has 1 aliphatic rings. The highest BCUT2D eigenvalue weighted by Gasteiger charge is 2.25. The minimum atomic E-state index is -0.432. The summed E-state index contributed by atoms with van der Waals surface area (Å²) >= 11 is 0. The average Bonchev–Trinajstić information content (AvgIpc) is 2.53. The fraction of sp³-hybridized carbons (Fsp3) is 0.526. The molecule has 1 aromatic rings. The van der Waals surface area contributed by atoms with Crippen molar-refractivity contribution in [3.05, 3.63) is 29.8 Å². The van der Waals surface area contributed by atoms with E-state index in [1.165, 1.54) is 6.92 Å². The first-order valence-corrected chi connectivity index (χ1v) is 8.63. The molecule has 0 saturated carbocycles. The SMILES string of the molecule is CC(=O)Nc1ccc(CC(=O)OCC(=O)N2C[C@H](C)C[C@H](C)C2)cc1. The summed E-state index contributed by atoms with van der Waals surface area (Å²) in [5.74, 6) is 0.245. The van der Waals surface area contributed by atoms with Gasteiger partial charge in [-0.15, -0.1) is 0 Å². The summed E-state index contributed by atoms with van der Waals surface area (Å²) < 4.78 is 5.13. The van der Waals surface area contributed by atoms with Crippen LogP contribution >= 0.6 is 0 Å². The van der Waals surface area contributed by atoms with Gasteiger partial charge in [-0.25, -0.2) is 0 Å². The Morgan fingerprint density at radius 3 is 2.28 bits per heavy atom. The van der Waals surface area contributed by atoms with Crippen LogP contribution in [-0.2, 0) is 25.5 Å². The fourth-order valence-corrected chi connectivity index (χ4v) is 3.23. The second-order valence-corrected chi connectivity index (χ2v) is 6.96. The van der Waals surface area contributed by atoms with Crippen LogP contribution in [0.4, 0.5) is 5.69 Å². The number of carbonyl (C=O) groups is 3. The van der Waals surface area contributed by atoms with Gasteiger partial charge in [0.1, 0.15) is 0 Å². The molecule has 136 valence electrons. The monoisotopic (exact) mass is 346 g/mol. The van der Waals surface area contributed by atoms with Gasteiger partial charge in [-0.3, -0.25) is 14.4 Å². The first-order chi connectivity index (χ1) is 11.8. The molecule has 0 aromatic heterocycles. The normalized spacial score (nSPS) is 20.0. The first-order valence-electron chi connectivity index (χ1n) is 8.63. The summed E-state index contributed by atoms with van der Waals surface area (Å²) in [5.41, 5.74) is 1.44. The Hall–Kier alpha value is -2.37. The molecule has 0 aliphatic carbocycles. The summed E-state index contributed by atoms with van der Waals surface area (Å²) in [6.45, 7) is 6.95. The standard InChI is InChI=1S/C19H26N2O4/c1-13-8-14(2)11-21(10-13)18(23)12-25-19(24)9-16-4-6-17(7-5-16)20-15(3)22/h4-7,13-14H,8-12H2,1-3H3,(H,20,22)/t13-,14+. The van der Waals surface area contributed by atoms with Crippen molar-refractivity contribution in [2.45, 2.75) is 33.6 Å². The number of nitrogens with one attached hydrogen (secondary N) is 1. The van der Waals surface area contributed by atoms with E-state index in [-0.39, 0.29) is 24.8 Å². The molecule has 2 amide bonds. The average molecular weight is 346 g/mol. The van der Waals surface area contributed by atoms with E-state index in [9.17, 15) is 14.4 Å². The minimum Gasteiger partial charge on any atom is -0.455 e. The lowest BCUT2D eigenvalue weighted by atomic mass is 9.92. The Morgan fingerprint density at radius 1 is 1.12 bits per heavy atom. The van der Waals surface area contributed by atoms with Crippen molar-refractivity contribution in [3.63, 3.8) is 0 Å². The Bertz CT molecular complexity index is 617. The number of hydrogen-bond acceptors (Lipinski definition) is 4. The van der Waals surface area contributed by atoms with E-state index in [0.717, 1.165) is 25.1 Å². The molecule has 6 nitrogen and oxygen atoms in total. The molecule has 0 radical (unpaired) electrons. The van der Waals surface area contributed by atoms with Crippen LogP contribution in [0.1, 0.15) is 32.8 Å². The lowest BCUT2D eigenvalue weighted by Gasteiger charge is -2.34. The molecule has 1 saturated heterocycles. The molecule has 1 fully saturated rings. The number of ether oxygens (including phenoxy) is 1. The molecular weight excluding hydrogens is 320 g/mol. The molecule has 6 heteroatoms. The molecule has 0 bridgehead atoms. The maximum absolute atomic E-state index is 12.2. The van der Waals surface area contributed by atoms with Gasteiger partial charge in [-0.2, -0.15) is 0 Å². The van der Waals surface area contributed by atoms with Gasteiger partial charge in [0.2, 0.25) is 5.91 Å². The molecule has 1 N–H and O–H groups in total. The molecule has 1 heterocycles. The second-order valence-electron chi connectivity index (χ2n) is 6.96. The zero-order chi connectivity index (χ0) is 18.4. The van der Waals surface area contributed by atoms with Gasteiger partial charge in [0.05, 0.1) is 6.42 Å². The molecule has 25 heavy (non-hydrogen) atoms. The molecule has 1 aromatic carbocycles. The number of hydrogen-bond donors (Lipinski definition) is 1. The number of carbonyl (C=O) groups excluding carboxylic acids is 3. The summed E-state index contributed by atoms with van der Waals surface area (Å²) in [6.07, 6.45) is 1.22. The number of nitrogens with zero attached hydrogens (tertiary/aromatic N) is 1. The van der Waals surface area contributed by atoms with E-state index >= 15 is 0 Å². The Kier molecular flexibility index (Phi) is 6.56. The molecule has 0 unspecified atom stereocenters. The van der Waals surface area contributed by atoms with E-state index in [1.54, 1.807) is 29.2 Å². The third-order valence-electron chi connectivity index (χ3n) is 4.20. The smallest absolute Gasteiger partial charge is 0.310 e. The quantitative estimate of drug-likeness (QED) is 0.830. The first kappa shape index (κ1) is 19.0. The van der Waals surface area contributed by atoms with Gasteiger partial charge < -0.3 is 15.0 Å². The second kappa shape index (κ2) is 8.65. The van der Waals surface area contributed by atoms with Crippen molar-refractivity contribution in [2.75, 3.05) is 25.0 Å². The summed E-state index contributed by atoms with van der Waals surface area (Å²) in [6, 6.07) is 6.96.